The van der Waals surface area contributed by atoms with Gasteiger partial charge in [-0.1, -0.05) is 23.5 Å². The van der Waals surface area contributed by atoms with Crippen molar-refractivity contribution in [3.8, 4) is 0 Å². The fourth-order valence-electron chi connectivity index (χ4n) is 4.82. The second-order valence-electron chi connectivity index (χ2n) is 8.83. The van der Waals surface area contributed by atoms with E-state index in [0.717, 1.165) is 37.6 Å². The summed E-state index contributed by atoms with van der Waals surface area (Å²) < 4.78 is 33.8. The summed E-state index contributed by atoms with van der Waals surface area (Å²) in [6.07, 6.45) is 1.52. The van der Waals surface area contributed by atoms with Crippen LogP contribution in [-0.2, 0) is 42.8 Å². The van der Waals surface area contributed by atoms with Gasteiger partial charge in [0.05, 0.1) is 36.9 Å². The fraction of sp³-hybridized carbons (Fsp3) is 0.905. The van der Waals surface area contributed by atoms with Crippen molar-refractivity contribution in [2.45, 2.75) is 86.5 Å². The Labute approximate surface area is 211 Å². The van der Waals surface area contributed by atoms with Crippen molar-refractivity contribution in [1.82, 2.24) is 0 Å². The standard InChI is InChI=1S/C13H20O5S.C8H11NO6S/c1-8(14)19-10-7-17-12-9(6-16-13(10)12)18-11-4-2-3-5-15-11;1-4(10)16-6-3-14-7-5(15-9(11)12)2-13-8(6)7/h9-13H,2-7H2,1H3;5-8H,2-3H2,1H3/t9-,10+,11?,12-,13-;5-,6+,7-,8-/m11/s1. The van der Waals surface area contributed by atoms with Gasteiger partial charge in [-0.25, -0.2) is 0 Å². The van der Waals surface area contributed by atoms with Crippen LogP contribution in [-0.4, -0.2) is 102 Å². The highest BCUT2D eigenvalue weighted by Crippen LogP contribution is 2.37. The van der Waals surface area contributed by atoms with Gasteiger partial charge in [0, 0.05) is 20.5 Å². The molecule has 35 heavy (non-hydrogen) atoms. The highest BCUT2D eigenvalue weighted by atomic mass is 32.2. The van der Waals surface area contributed by atoms with Crippen molar-refractivity contribution in [3.05, 3.63) is 10.1 Å². The van der Waals surface area contributed by atoms with Gasteiger partial charge in [0.15, 0.2) is 22.6 Å². The Morgan fingerprint density at radius 1 is 0.800 bits per heavy atom. The predicted octanol–water partition coefficient (Wildman–Crippen LogP) is 1.35. The van der Waals surface area contributed by atoms with E-state index in [1.807, 2.05) is 0 Å². The van der Waals surface area contributed by atoms with Crippen LogP contribution < -0.4 is 0 Å². The van der Waals surface area contributed by atoms with Gasteiger partial charge in [-0.15, -0.1) is 10.1 Å². The van der Waals surface area contributed by atoms with Gasteiger partial charge in [0.2, 0.25) is 0 Å². The zero-order valence-electron chi connectivity index (χ0n) is 19.6. The third kappa shape index (κ3) is 7.06. The SMILES string of the molecule is CC(=O)S[C@H]1CO[C@H]2[C@@H]1OC[C@H]2OC1CCCCO1.CC(=O)S[C@H]1CO[C@H]2[C@@H]1OC[C@H]2O[N+](=O)[O-]. The number of hydrogen-bond acceptors (Lipinski definition) is 13. The molecule has 198 valence electrons. The van der Waals surface area contributed by atoms with Gasteiger partial charge in [-0.3, -0.25) is 9.59 Å². The lowest BCUT2D eigenvalue weighted by molar-refractivity contribution is -0.769. The van der Waals surface area contributed by atoms with E-state index in [9.17, 15) is 19.7 Å². The van der Waals surface area contributed by atoms with Crippen LogP contribution in [0, 0.1) is 10.1 Å². The number of fused-ring (bicyclic) bond motifs is 2. The maximum atomic E-state index is 11.2. The number of ether oxygens (including phenoxy) is 6. The average Bonchev–Trinajstić information content (AvgIpc) is 3.55. The molecule has 0 saturated carbocycles. The number of nitrogens with zero attached hydrogens (tertiary/aromatic N) is 1. The first-order valence-corrected chi connectivity index (χ1v) is 13.5. The second-order valence-corrected chi connectivity index (χ2v) is 11.7. The molecule has 0 aliphatic carbocycles. The van der Waals surface area contributed by atoms with Gasteiger partial charge in [-0.2, -0.15) is 0 Å². The number of hydrogen-bond donors (Lipinski definition) is 0. The van der Waals surface area contributed by atoms with Crippen LogP contribution in [0.25, 0.3) is 0 Å². The first kappa shape index (κ1) is 27.0. The van der Waals surface area contributed by atoms with Gasteiger partial charge in [0.1, 0.15) is 30.5 Å². The smallest absolute Gasteiger partial charge is 0.294 e. The molecule has 14 heteroatoms. The topological polar surface area (TPSA) is 142 Å². The summed E-state index contributed by atoms with van der Waals surface area (Å²) in [5, 5.41) is 9.47. The number of carbonyl (C=O) groups excluding carboxylic acids is 2. The maximum Gasteiger partial charge on any atom is 0.294 e. The third-order valence-corrected chi connectivity index (χ3v) is 8.32. The predicted molar refractivity (Wildman–Crippen MR) is 123 cm³/mol. The summed E-state index contributed by atoms with van der Waals surface area (Å²) in [6, 6.07) is 0. The van der Waals surface area contributed by atoms with Crippen LogP contribution >= 0.6 is 23.5 Å². The lowest BCUT2D eigenvalue weighted by atomic mass is 10.1. The molecule has 5 heterocycles. The Bertz CT molecular complexity index is 738. The van der Waals surface area contributed by atoms with Gasteiger partial charge < -0.3 is 33.3 Å². The van der Waals surface area contributed by atoms with Crippen LogP contribution in [0.15, 0.2) is 0 Å². The molecule has 12 nitrogen and oxygen atoms in total. The molecule has 9 atom stereocenters. The van der Waals surface area contributed by atoms with E-state index in [4.69, 9.17) is 28.4 Å². The Kier molecular flexibility index (Phi) is 9.66. The quantitative estimate of drug-likeness (QED) is 0.356. The number of thioether (sulfide) groups is 2. The minimum absolute atomic E-state index is 0.0171. The molecule has 0 amide bonds. The summed E-state index contributed by atoms with van der Waals surface area (Å²) in [5.74, 6) is 0. The highest BCUT2D eigenvalue weighted by molar-refractivity contribution is 8.14. The molecule has 1 unspecified atom stereocenters. The Morgan fingerprint density at radius 2 is 1.34 bits per heavy atom. The molecule has 0 N–H and O–H groups in total. The Hall–Kier alpha value is -1.00. The largest absolute Gasteiger partial charge is 0.372 e. The van der Waals surface area contributed by atoms with Crippen LogP contribution in [0.4, 0.5) is 0 Å². The van der Waals surface area contributed by atoms with E-state index >= 15 is 0 Å². The minimum Gasteiger partial charge on any atom is -0.372 e. The summed E-state index contributed by atoms with van der Waals surface area (Å²) in [7, 11) is 0. The summed E-state index contributed by atoms with van der Waals surface area (Å²) in [6.45, 7) is 5.41. The average molecular weight is 538 g/mol. The van der Waals surface area contributed by atoms with Crippen molar-refractivity contribution in [2.75, 3.05) is 33.0 Å². The molecule has 5 rings (SSSR count). The van der Waals surface area contributed by atoms with Crippen LogP contribution in [0.2, 0.25) is 0 Å². The lowest BCUT2D eigenvalue weighted by Crippen LogP contribution is -2.36. The zero-order chi connectivity index (χ0) is 24.9. The normalized spacial score (nSPS) is 39.9. The molecule has 5 saturated heterocycles. The first-order chi connectivity index (χ1) is 16.8. The molecule has 0 spiro atoms. The van der Waals surface area contributed by atoms with Gasteiger partial charge in [-0.05, 0) is 19.3 Å². The van der Waals surface area contributed by atoms with Gasteiger partial charge in [0.25, 0.3) is 5.09 Å². The van der Waals surface area contributed by atoms with Crippen LogP contribution in [0.3, 0.4) is 0 Å². The Balaban J connectivity index is 0.000000168. The molecule has 0 radical (unpaired) electrons. The number of rotatable bonds is 6. The minimum atomic E-state index is -0.842. The molecule has 5 aliphatic heterocycles. The molecule has 0 aromatic heterocycles. The lowest BCUT2D eigenvalue weighted by Gasteiger charge is -2.27. The van der Waals surface area contributed by atoms with Crippen molar-refractivity contribution in [3.63, 3.8) is 0 Å². The van der Waals surface area contributed by atoms with E-state index in [2.05, 4.69) is 4.84 Å². The monoisotopic (exact) mass is 537 g/mol. The summed E-state index contributed by atoms with van der Waals surface area (Å²) in [4.78, 5) is 36.8. The molecule has 0 aromatic rings. The van der Waals surface area contributed by atoms with Crippen molar-refractivity contribution < 1.29 is 47.9 Å². The Morgan fingerprint density at radius 3 is 1.86 bits per heavy atom. The molecule has 5 fully saturated rings. The van der Waals surface area contributed by atoms with Gasteiger partial charge >= 0.3 is 0 Å². The highest BCUT2D eigenvalue weighted by Gasteiger charge is 2.50. The van der Waals surface area contributed by atoms with E-state index in [0.29, 0.717) is 19.8 Å². The molecule has 5 aliphatic rings. The van der Waals surface area contributed by atoms with Crippen molar-refractivity contribution >= 4 is 33.8 Å². The first-order valence-electron chi connectivity index (χ1n) is 11.7. The molecular weight excluding hydrogens is 506 g/mol. The van der Waals surface area contributed by atoms with E-state index < -0.39 is 17.3 Å². The summed E-state index contributed by atoms with van der Waals surface area (Å²) in [5.41, 5.74) is 0. The maximum absolute atomic E-state index is 11.2. The van der Waals surface area contributed by atoms with Crippen LogP contribution in [0.5, 0.6) is 0 Å². The van der Waals surface area contributed by atoms with Crippen molar-refractivity contribution in [1.29, 1.82) is 0 Å². The van der Waals surface area contributed by atoms with E-state index in [-0.39, 0.29) is 58.0 Å². The second kappa shape index (κ2) is 12.5. The fourth-order valence-corrected chi connectivity index (χ4v) is 6.70. The summed E-state index contributed by atoms with van der Waals surface area (Å²) >= 11 is 2.46. The number of carbonyl (C=O) groups is 2. The molecular formula is C21H31NO11S2. The molecule has 0 bridgehead atoms. The third-order valence-electron chi connectivity index (χ3n) is 6.25. The van der Waals surface area contributed by atoms with Crippen LogP contribution in [0.1, 0.15) is 33.1 Å². The molecule has 0 aromatic carbocycles. The van der Waals surface area contributed by atoms with E-state index in [1.54, 1.807) is 6.92 Å². The van der Waals surface area contributed by atoms with Crippen molar-refractivity contribution in [2.24, 2.45) is 0 Å². The zero-order valence-corrected chi connectivity index (χ0v) is 21.2. The van der Waals surface area contributed by atoms with E-state index in [1.165, 1.54) is 18.7 Å².